The van der Waals surface area contributed by atoms with Gasteiger partial charge in [-0.05, 0) is 81.5 Å². The molecule has 2 aromatic rings. The summed E-state index contributed by atoms with van der Waals surface area (Å²) in [6.45, 7) is 2.23. The second kappa shape index (κ2) is 7.69. The van der Waals surface area contributed by atoms with Crippen LogP contribution in [0.4, 0.5) is 0 Å². The first kappa shape index (κ1) is 19.5. The molecule has 0 spiro atoms. The highest BCUT2D eigenvalue weighted by Gasteiger charge is 2.51. The van der Waals surface area contributed by atoms with Crippen molar-refractivity contribution in [3.05, 3.63) is 52.2 Å². The van der Waals surface area contributed by atoms with Crippen molar-refractivity contribution in [2.24, 2.45) is 17.8 Å². The topological polar surface area (TPSA) is 83.0 Å². The number of nitrogens with zero attached hydrogens (tertiary/aromatic N) is 3. The van der Waals surface area contributed by atoms with Crippen molar-refractivity contribution in [3.8, 4) is 0 Å². The monoisotopic (exact) mass is 409 g/mol. The van der Waals surface area contributed by atoms with Crippen LogP contribution in [0.5, 0.6) is 0 Å². The zero-order valence-electron chi connectivity index (χ0n) is 17.6. The number of H-pyrrole nitrogens is 1. The molecule has 1 amide bonds. The van der Waals surface area contributed by atoms with Crippen LogP contribution in [0.1, 0.15) is 54.6 Å². The predicted molar refractivity (Wildman–Crippen MR) is 114 cm³/mol. The highest BCUT2D eigenvalue weighted by Crippen LogP contribution is 2.55. The number of carbonyl (C=O) groups is 1. The zero-order valence-corrected chi connectivity index (χ0v) is 17.6. The van der Waals surface area contributed by atoms with Gasteiger partial charge in [0.1, 0.15) is 5.56 Å². The standard InChI is InChI=1S/C23H31N5O2/c1-27(7-8-28-6-2-5-24-28)15-19-3-4-20(21(29)25-19)22(30)26-23-12-16-9-17(13-23)11-18(10-16)14-23/h2-6,16-18H,7-15H2,1H3,(H,25,29)(H,26,30). The maximum absolute atomic E-state index is 13.0. The number of pyridine rings is 1. The molecule has 0 saturated heterocycles. The number of aromatic amines is 1. The molecule has 2 N–H and O–H groups in total. The molecule has 0 radical (unpaired) electrons. The zero-order chi connectivity index (χ0) is 20.7. The third kappa shape index (κ3) is 3.95. The van der Waals surface area contributed by atoms with E-state index in [1.54, 1.807) is 12.3 Å². The number of carbonyl (C=O) groups excluding carboxylic acids is 1. The lowest BCUT2D eigenvalue weighted by molar-refractivity contribution is -0.0167. The number of nitrogens with one attached hydrogen (secondary N) is 2. The highest BCUT2D eigenvalue weighted by molar-refractivity contribution is 5.94. The molecule has 0 unspecified atom stereocenters. The summed E-state index contributed by atoms with van der Waals surface area (Å²) in [6.07, 6.45) is 11.0. The van der Waals surface area contributed by atoms with Gasteiger partial charge in [0.25, 0.3) is 11.5 Å². The molecule has 6 rings (SSSR count). The summed E-state index contributed by atoms with van der Waals surface area (Å²) in [7, 11) is 2.01. The summed E-state index contributed by atoms with van der Waals surface area (Å²) in [5.74, 6) is 2.07. The third-order valence-corrected chi connectivity index (χ3v) is 7.34. The number of hydrogen-bond acceptors (Lipinski definition) is 4. The van der Waals surface area contributed by atoms with Crippen LogP contribution >= 0.6 is 0 Å². The molecular weight excluding hydrogens is 378 g/mol. The maximum Gasteiger partial charge on any atom is 0.261 e. The van der Waals surface area contributed by atoms with Gasteiger partial charge in [0.05, 0.1) is 6.54 Å². The van der Waals surface area contributed by atoms with Gasteiger partial charge in [0.2, 0.25) is 0 Å². The van der Waals surface area contributed by atoms with Crippen molar-refractivity contribution < 1.29 is 4.79 Å². The van der Waals surface area contributed by atoms with Crippen molar-refractivity contribution in [2.75, 3.05) is 13.6 Å². The van der Waals surface area contributed by atoms with Crippen molar-refractivity contribution in [1.82, 2.24) is 25.0 Å². The molecule has 2 aromatic heterocycles. The number of likely N-dealkylation sites (N-methyl/N-ethyl adjacent to an activating group) is 1. The largest absolute Gasteiger partial charge is 0.346 e. The Morgan fingerprint density at radius 1 is 1.23 bits per heavy atom. The van der Waals surface area contributed by atoms with Crippen LogP contribution in [0.3, 0.4) is 0 Å². The summed E-state index contributed by atoms with van der Waals surface area (Å²) >= 11 is 0. The SMILES string of the molecule is CN(CCn1cccn1)Cc1ccc(C(=O)NC23CC4CC(CC(C4)C2)C3)c(=O)[nH]1. The summed E-state index contributed by atoms with van der Waals surface area (Å²) in [5, 5.41) is 7.50. The highest BCUT2D eigenvalue weighted by atomic mass is 16.2. The van der Waals surface area contributed by atoms with E-state index >= 15 is 0 Å². The molecule has 4 fully saturated rings. The van der Waals surface area contributed by atoms with Crippen LogP contribution in [-0.4, -0.2) is 44.7 Å². The molecule has 0 aromatic carbocycles. The van der Waals surface area contributed by atoms with E-state index in [1.807, 2.05) is 30.1 Å². The van der Waals surface area contributed by atoms with Crippen LogP contribution in [0, 0.1) is 17.8 Å². The minimum atomic E-state index is -0.296. The van der Waals surface area contributed by atoms with Crippen LogP contribution in [0.2, 0.25) is 0 Å². The number of aromatic nitrogens is 3. The summed E-state index contributed by atoms with van der Waals surface area (Å²) in [5.41, 5.74) is 0.669. The normalized spacial score (nSPS) is 29.5. The minimum absolute atomic E-state index is 0.0797. The Morgan fingerprint density at radius 2 is 1.93 bits per heavy atom. The number of rotatable bonds is 7. The Morgan fingerprint density at radius 3 is 2.53 bits per heavy atom. The fourth-order valence-electron chi connectivity index (χ4n) is 6.43. The minimum Gasteiger partial charge on any atom is -0.346 e. The molecule has 4 saturated carbocycles. The lowest BCUT2D eigenvalue weighted by Gasteiger charge is -2.56. The van der Waals surface area contributed by atoms with Crippen LogP contribution in [0.25, 0.3) is 0 Å². The smallest absolute Gasteiger partial charge is 0.261 e. The molecule has 7 heteroatoms. The molecule has 160 valence electrons. The van der Waals surface area contributed by atoms with Crippen molar-refractivity contribution >= 4 is 5.91 Å². The fourth-order valence-corrected chi connectivity index (χ4v) is 6.43. The van der Waals surface area contributed by atoms with Gasteiger partial charge < -0.3 is 10.3 Å². The van der Waals surface area contributed by atoms with Gasteiger partial charge >= 0.3 is 0 Å². The first-order valence-electron chi connectivity index (χ1n) is 11.2. The first-order chi connectivity index (χ1) is 14.5. The van der Waals surface area contributed by atoms with Crippen LogP contribution in [0.15, 0.2) is 35.4 Å². The molecule has 4 aliphatic carbocycles. The van der Waals surface area contributed by atoms with E-state index in [9.17, 15) is 9.59 Å². The van der Waals surface area contributed by atoms with E-state index in [0.29, 0.717) is 6.54 Å². The van der Waals surface area contributed by atoms with Gasteiger partial charge in [0, 0.05) is 36.7 Å². The molecule has 4 bridgehead atoms. The van der Waals surface area contributed by atoms with Crippen molar-refractivity contribution in [2.45, 2.75) is 57.2 Å². The Bertz CT molecular complexity index is 929. The Labute approximate surface area is 176 Å². The van der Waals surface area contributed by atoms with Crippen LogP contribution < -0.4 is 10.9 Å². The summed E-state index contributed by atoms with van der Waals surface area (Å²) in [6, 6.07) is 5.45. The predicted octanol–water partition coefficient (Wildman–Crippen LogP) is 2.40. The van der Waals surface area contributed by atoms with Gasteiger partial charge in [-0.3, -0.25) is 19.2 Å². The average Bonchev–Trinajstić information content (AvgIpc) is 3.18. The fraction of sp³-hybridized carbons (Fsp3) is 0.609. The van der Waals surface area contributed by atoms with Gasteiger partial charge in [0.15, 0.2) is 0 Å². The van der Waals surface area contributed by atoms with Crippen molar-refractivity contribution in [1.29, 1.82) is 0 Å². The lowest BCUT2D eigenvalue weighted by atomic mass is 9.53. The first-order valence-corrected chi connectivity index (χ1v) is 11.2. The maximum atomic E-state index is 13.0. The van der Waals surface area contributed by atoms with E-state index in [0.717, 1.165) is 55.8 Å². The molecular formula is C23H31N5O2. The number of amides is 1. The Balaban J connectivity index is 1.21. The summed E-state index contributed by atoms with van der Waals surface area (Å²) < 4.78 is 1.89. The summed E-state index contributed by atoms with van der Waals surface area (Å²) in [4.78, 5) is 30.6. The van der Waals surface area contributed by atoms with E-state index in [-0.39, 0.29) is 22.6 Å². The quantitative estimate of drug-likeness (QED) is 0.736. The second-order valence-corrected chi connectivity index (χ2v) is 9.89. The van der Waals surface area contributed by atoms with Crippen molar-refractivity contribution in [3.63, 3.8) is 0 Å². The van der Waals surface area contributed by atoms with Gasteiger partial charge in [-0.15, -0.1) is 0 Å². The molecule has 30 heavy (non-hydrogen) atoms. The molecule has 7 nitrogen and oxygen atoms in total. The lowest BCUT2D eigenvalue weighted by Crippen LogP contribution is -2.60. The molecule has 0 aliphatic heterocycles. The Kier molecular flexibility index (Phi) is 5.01. The third-order valence-electron chi connectivity index (χ3n) is 7.34. The van der Waals surface area contributed by atoms with E-state index in [2.05, 4.69) is 20.3 Å². The molecule has 0 atom stereocenters. The molecule has 2 heterocycles. The number of hydrogen-bond donors (Lipinski definition) is 2. The van der Waals surface area contributed by atoms with E-state index < -0.39 is 0 Å². The van der Waals surface area contributed by atoms with E-state index in [4.69, 9.17) is 0 Å². The van der Waals surface area contributed by atoms with Gasteiger partial charge in [-0.2, -0.15) is 5.10 Å². The Hall–Kier alpha value is -2.41. The average molecular weight is 410 g/mol. The van der Waals surface area contributed by atoms with Crippen LogP contribution in [-0.2, 0) is 13.1 Å². The molecule has 4 aliphatic rings. The van der Waals surface area contributed by atoms with Gasteiger partial charge in [-0.25, -0.2) is 0 Å². The second-order valence-electron chi connectivity index (χ2n) is 9.89. The van der Waals surface area contributed by atoms with Gasteiger partial charge in [-0.1, -0.05) is 0 Å². The van der Waals surface area contributed by atoms with E-state index in [1.165, 1.54) is 19.3 Å².